The molecule has 0 saturated heterocycles. The van der Waals surface area contributed by atoms with Crippen LogP contribution in [0.25, 0.3) is 11.5 Å². The van der Waals surface area contributed by atoms with E-state index >= 15 is 0 Å². The quantitative estimate of drug-likeness (QED) is 0.747. The molecule has 0 aliphatic rings. The van der Waals surface area contributed by atoms with Crippen LogP contribution in [-0.4, -0.2) is 10.2 Å². The fraction of sp³-hybridized carbons (Fsp3) is 0. The van der Waals surface area contributed by atoms with Gasteiger partial charge in [0.05, 0.1) is 0 Å². The molecule has 2 aromatic rings. The lowest BCUT2D eigenvalue weighted by Crippen LogP contribution is -1.78. The first-order valence-corrected chi connectivity index (χ1v) is 5.98. The first-order valence-electron chi connectivity index (χ1n) is 3.60. The second kappa shape index (κ2) is 4.12. The van der Waals surface area contributed by atoms with Crippen LogP contribution in [-0.2, 0) is 0 Å². The third-order valence-electron chi connectivity index (χ3n) is 1.51. The van der Waals surface area contributed by atoms with E-state index in [1.54, 1.807) is 0 Å². The van der Waals surface area contributed by atoms with Crippen LogP contribution in [0.3, 0.4) is 0 Å². The first kappa shape index (κ1) is 10.3. The summed E-state index contributed by atoms with van der Waals surface area (Å²) in [5.74, 6) is 0.485. The summed E-state index contributed by atoms with van der Waals surface area (Å²) < 4.78 is 7.14. The zero-order valence-electron chi connectivity index (χ0n) is 6.67. The zero-order chi connectivity index (χ0) is 10.1. The Hall–Kier alpha value is -0.200. The van der Waals surface area contributed by atoms with Crippen LogP contribution in [0.4, 0.5) is 0 Å². The number of hydrogen-bond acceptors (Lipinski definition) is 3. The summed E-state index contributed by atoms with van der Waals surface area (Å²) in [6.07, 6.45) is 0. The molecule has 3 nitrogen and oxygen atoms in total. The second-order valence-corrected chi connectivity index (χ2v) is 5.03. The van der Waals surface area contributed by atoms with Gasteiger partial charge in [-0.05, 0) is 18.2 Å². The zero-order valence-corrected chi connectivity index (χ0v) is 11.4. The summed E-state index contributed by atoms with van der Waals surface area (Å²) in [5.41, 5.74) is 0.865. The Morgan fingerprint density at radius 2 is 1.57 bits per heavy atom. The van der Waals surface area contributed by atoms with Gasteiger partial charge in [-0.15, -0.1) is 10.2 Å². The first-order chi connectivity index (χ1) is 6.65. The van der Waals surface area contributed by atoms with Gasteiger partial charge in [0, 0.05) is 30.4 Å². The van der Waals surface area contributed by atoms with Crippen molar-refractivity contribution < 1.29 is 4.42 Å². The molecule has 72 valence electrons. The lowest BCUT2D eigenvalue weighted by Gasteiger charge is -1.97. The normalized spacial score (nSPS) is 10.5. The lowest BCUT2D eigenvalue weighted by atomic mass is 10.2. The molecule has 2 rings (SSSR count). The summed E-state index contributed by atoms with van der Waals surface area (Å²) in [7, 11) is 0. The fourth-order valence-corrected chi connectivity index (χ4v) is 2.53. The molecule has 0 spiro atoms. The topological polar surface area (TPSA) is 38.9 Å². The molecular weight excluding hydrogens is 380 g/mol. The Bertz CT molecular complexity index is 449. The monoisotopic (exact) mass is 380 g/mol. The molecular formula is C8H3Br3N2O. The van der Waals surface area contributed by atoms with Crippen molar-refractivity contribution >= 4 is 47.8 Å². The maximum atomic E-state index is 5.23. The van der Waals surface area contributed by atoms with Gasteiger partial charge >= 0.3 is 0 Å². The number of halogens is 3. The predicted octanol–water partition coefficient (Wildman–Crippen LogP) is 4.02. The Morgan fingerprint density at radius 3 is 2.07 bits per heavy atom. The summed E-state index contributed by atoms with van der Waals surface area (Å²) >= 11 is 9.87. The van der Waals surface area contributed by atoms with Gasteiger partial charge in [-0.25, -0.2) is 0 Å². The molecule has 0 aliphatic carbocycles. The molecule has 1 aromatic carbocycles. The highest BCUT2D eigenvalue weighted by Gasteiger charge is 2.07. The van der Waals surface area contributed by atoms with Gasteiger partial charge in [0.25, 0.3) is 4.80 Å². The average molecular weight is 383 g/mol. The minimum atomic E-state index is 0.378. The van der Waals surface area contributed by atoms with Crippen molar-refractivity contribution in [2.75, 3.05) is 0 Å². The van der Waals surface area contributed by atoms with Crippen LogP contribution in [0, 0.1) is 0 Å². The third-order valence-corrected chi connectivity index (χ3v) is 2.75. The van der Waals surface area contributed by atoms with Crippen molar-refractivity contribution in [1.29, 1.82) is 0 Å². The molecule has 0 N–H and O–H groups in total. The Labute approximate surface area is 105 Å². The number of hydrogen-bond donors (Lipinski definition) is 0. The van der Waals surface area contributed by atoms with Gasteiger partial charge in [-0.3, -0.25) is 0 Å². The van der Waals surface area contributed by atoms with Crippen LogP contribution in [0.2, 0.25) is 0 Å². The van der Waals surface area contributed by atoms with E-state index in [1.165, 1.54) is 0 Å². The molecule has 0 unspecified atom stereocenters. The molecule has 6 heteroatoms. The van der Waals surface area contributed by atoms with Gasteiger partial charge in [-0.2, -0.15) is 0 Å². The highest BCUT2D eigenvalue weighted by Crippen LogP contribution is 2.27. The predicted molar refractivity (Wildman–Crippen MR) is 62.8 cm³/mol. The summed E-state index contributed by atoms with van der Waals surface area (Å²) in [6.45, 7) is 0. The van der Waals surface area contributed by atoms with E-state index in [0.717, 1.165) is 14.5 Å². The summed E-state index contributed by atoms with van der Waals surface area (Å²) in [6, 6.07) is 5.75. The maximum absolute atomic E-state index is 5.23. The van der Waals surface area contributed by atoms with Crippen molar-refractivity contribution in [1.82, 2.24) is 10.2 Å². The van der Waals surface area contributed by atoms with Gasteiger partial charge in [0.1, 0.15) is 0 Å². The third kappa shape index (κ3) is 2.24. The van der Waals surface area contributed by atoms with Crippen LogP contribution in [0.15, 0.2) is 36.4 Å². The molecule has 1 aromatic heterocycles. The summed E-state index contributed by atoms with van der Waals surface area (Å²) in [5, 5.41) is 7.58. The molecule has 0 saturated carbocycles. The van der Waals surface area contributed by atoms with Gasteiger partial charge < -0.3 is 4.42 Å². The Balaban J connectivity index is 2.51. The lowest BCUT2D eigenvalue weighted by molar-refractivity contribution is 0.540. The minimum Gasteiger partial charge on any atom is -0.411 e. The van der Waals surface area contributed by atoms with E-state index in [9.17, 15) is 0 Å². The van der Waals surface area contributed by atoms with E-state index in [1.807, 2.05) is 18.2 Å². The van der Waals surface area contributed by atoms with Crippen molar-refractivity contribution in [2.45, 2.75) is 0 Å². The molecule has 0 bridgehead atoms. The van der Waals surface area contributed by atoms with Crippen LogP contribution >= 0.6 is 47.8 Å². The van der Waals surface area contributed by atoms with E-state index in [2.05, 4.69) is 58.0 Å². The summed E-state index contributed by atoms with van der Waals surface area (Å²) in [4.78, 5) is 0.378. The van der Waals surface area contributed by atoms with Crippen molar-refractivity contribution in [2.24, 2.45) is 0 Å². The van der Waals surface area contributed by atoms with E-state index < -0.39 is 0 Å². The van der Waals surface area contributed by atoms with Crippen LogP contribution < -0.4 is 0 Å². The Morgan fingerprint density at radius 1 is 0.929 bits per heavy atom. The standard InChI is InChI=1S/C8H3Br3N2O/c9-5-1-4(2-6(10)3-5)7-12-13-8(11)14-7/h1-3H. The maximum Gasteiger partial charge on any atom is 0.285 e. The van der Waals surface area contributed by atoms with E-state index in [4.69, 9.17) is 4.42 Å². The van der Waals surface area contributed by atoms with Gasteiger partial charge in [0.15, 0.2) is 0 Å². The van der Waals surface area contributed by atoms with E-state index in [-0.39, 0.29) is 0 Å². The minimum absolute atomic E-state index is 0.378. The number of benzene rings is 1. The van der Waals surface area contributed by atoms with Crippen molar-refractivity contribution in [3.63, 3.8) is 0 Å². The highest BCUT2D eigenvalue weighted by molar-refractivity contribution is 9.11. The molecule has 14 heavy (non-hydrogen) atoms. The van der Waals surface area contributed by atoms with Gasteiger partial charge in [0.2, 0.25) is 5.89 Å². The SMILES string of the molecule is Brc1cc(Br)cc(-c2nnc(Br)o2)c1. The largest absolute Gasteiger partial charge is 0.411 e. The molecule has 0 fully saturated rings. The molecule has 1 heterocycles. The van der Waals surface area contributed by atoms with Crippen LogP contribution in [0.5, 0.6) is 0 Å². The molecule has 0 amide bonds. The van der Waals surface area contributed by atoms with Gasteiger partial charge in [-0.1, -0.05) is 31.9 Å². The second-order valence-electron chi connectivity index (χ2n) is 2.52. The van der Waals surface area contributed by atoms with Crippen molar-refractivity contribution in [3.8, 4) is 11.5 Å². The fourth-order valence-electron chi connectivity index (χ4n) is 0.999. The van der Waals surface area contributed by atoms with Crippen molar-refractivity contribution in [3.05, 3.63) is 31.9 Å². The smallest absolute Gasteiger partial charge is 0.285 e. The molecule has 0 atom stereocenters. The number of nitrogens with zero attached hydrogens (tertiary/aromatic N) is 2. The van der Waals surface area contributed by atoms with Crippen LogP contribution in [0.1, 0.15) is 0 Å². The number of aromatic nitrogens is 2. The van der Waals surface area contributed by atoms with E-state index in [0.29, 0.717) is 10.7 Å². The molecule has 0 aliphatic heterocycles. The number of rotatable bonds is 1. The Kier molecular flexibility index (Phi) is 3.04. The highest BCUT2D eigenvalue weighted by atomic mass is 79.9. The molecule has 0 radical (unpaired) electrons. The average Bonchev–Trinajstić information content (AvgIpc) is 2.50.